The number of aliphatic imine (C=N–C) groups is 1. The van der Waals surface area contributed by atoms with Crippen molar-refractivity contribution >= 4 is 17.3 Å². The van der Waals surface area contributed by atoms with Gasteiger partial charge in [0.25, 0.3) is 0 Å². The van der Waals surface area contributed by atoms with Crippen LogP contribution in [0.5, 0.6) is 0 Å². The smallest absolute Gasteiger partial charge is 0.196 e. The Morgan fingerprint density at radius 1 is 1.39 bits per heavy atom. The fourth-order valence-corrected chi connectivity index (χ4v) is 6.38. The van der Waals surface area contributed by atoms with Crippen molar-refractivity contribution in [3.05, 3.63) is 23.8 Å². The van der Waals surface area contributed by atoms with Gasteiger partial charge in [-0.1, -0.05) is 18.6 Å². The highest BCUT2D eigenvalue weighted by molar-refractivity contribution is 6.14. The van der Waals surface area contributed by atoms with E-state index in [-0.39, 0.29) is 17.9 Å². The van der Waals surface area contributed by atoms with Crippen molar-refractivity contribution < 1.29 is 29.3 Å². The van der Waals surface area contributed by atoms with Gasteiger partial charge in [0.2, 0.25) is 0 Å². The Hall–Kier alpha value is -1.70. The summed E-state index contributed by atoms with van der Waals surface area (Å²) in [4.78, 5) is 28.8. The first kappa shape index (κ1) is 19.6. The lowest BCUT2D eigenvalue weighted by Gasteiger charge is -2.61. The van der Waals surface area contributed by atoms with Gasteiger partial charge in [-0.25, -0.2) is 4.39 Å². The highest BCUT2D eigenvalue weighted by atomic mass is 19.1. The minimum absolute atomic E-state index is 0.149. The topological polar surface area (TPSA) is 107 Å². The van der Waals surface area contributed by atoms with Crippen molar-refractivity contribution in [3.63, 3.8) is 0 Å². The molecule has 0 radical (unpaired) electrons. The molecular formula is C21H26FNO5. The third-order valence-electron chi connectivity index (χ3n) is 7.99. The number of alkyl halides is 1. The minimum atomic E-state index is -2.09. The fraction of sp³-hybridized carbons (Fsp3) is 0.667. The van der Waals surface area contributed by atoms with E-state index in [1.165, 1.54) is 19.1 Å². The van der Waals surface area contributed by atoms with Crippen LogP contribution in [0.3, 0.4) is 0 Å². The summed E-state index contributed by atoms with van der Waals surface area (Å²) >= 11 is 0. The summed E-state index contributed by atoms with van der Waals surface area (Å²) in [6.45, 7) is 3.99. The van der Waals surface area contributed by atoms with E-state index < -0.39 is 52.6 Å². The Kier molecular flexibility index (Phi) is 3.98. The van der Waals surface area contributed by atoms with Crippen molar-refractivity contribution in [3.8, 4) is 0 Å². The summed E-state index contributed by atoms with van der Waals surface area (Å²) < 4.78 is 16.8. The van der Waals surface area contributed by atoms with Gasteiger partial charge in [-0.05, 0) is 45.3 Å². The number of carbonyl (C=O) groups excluding carboxylic acids is 2. The average molecular weight is 391 g/mol. The Labute approximate surface area is 162 Å². The van der Waals surface area contributed by atoms with Crippen LogP contribution in [-0.2, 0) is 9.59 Å². The normalized spacial score (nSPS) is 49.7. The van der Waals surface area contributed by atoms with E-state index in [9.17, 15) is 24.9 Å². The molecule has 3 N–H and O–H groups in total. The molecule has 7 heteroatoms. The van der Waals surface area contributed by atoms with Crippen LogP contribution < -0.4 is 0 Å². The molecule has 0 unspecified atom stereocenters. The van der Waals surface area contributed by atoms with E-state index in [2.05, 4.69) is 4.99 Å². The number of fused-ring (bicyclic) bond motifs is 5. The predicted octanol–water partition coefficient (Wildman–Crippen LogP) is 1.08. The van der Waals surface area contributed by atoms with Gasteiger partial charge in [-0.2, -0.15) is 0 Å². The standard InChI is InChI=1S/C21H26FNO5/c1-11-21(28,16(27)10-24)19(3)9-15(26)20(22)14(17(19)23-11)5-4-12-8-13(25)6-7-18(12,20)2/h6-8,14-15,17,24,26,28H,4-5,9-10H2,1-3H3/t14-,15-,17-,18-,19-,20-,21-/m0/s1. The summed E-state index contributed by atoms with van der Waals surface area (Å²) in [5.41, 5.74) is -5.70. The molecule has 2 fully saturated rings. The van der Waals surface area contributed by atoms with E-state index in [1.807, 2.05) is 0 Å². The van der Waals surface area contributed by atoms with Crippen molar-refractivity contribution in [1.29, 1.82) is 0 Å². The molecule has 0 aromatic heterocycles. The van der Waals surface area contributed by atoms with Crippen LogP contribution in [0.1, 0.15) is 40.0 Å². The molecule has 4 rings (SSSR count). The van der Waals surface area contributed by atoms with Crippen LogP contribution in [0.25, 0.3) is 0 Å². The van der Waals surface area contributed by atoms with Crippen LogP contribution in [0.4, 0.5) is 4.39 Å². The fourth-order valence-electron chi connectivity index (χ4n) is 6.38. The van der Waals surface area contributed by atoms with Crippen molar-refractivity contribution in [2.45, 2.75) is 63.4 Å². The molecule has 2 saturated carbocycles. The Morgan fingerprint density at radius 3 is 2.71 bits per heavy atom. The van der Waals surface area contributed by atoms with Gasteiger partial charge < -0.3 is 15.3 Å². The number of Topliss-reactive ketones (excluding diaryl/α,β-unsaturated/α-hetero) is 1. The van der Waals surface area contributed by atoms with Gasteiger partial charge in [0.15, 0.2) is 22.8 Å². The van der Waals surface area contributed by atoms with Crippen LogP contribution in [0.2, 0.25) is 0 Å². The number of hydrogen-bond acceptors (Lipinski definition) is 6. The van der Waals surface area contributed by atoms with Crippen molar-refractivity contribution in [1.82, 2.24) is 0 Å². The minimum Gasteiger partial charge on any atom is -0.390 e. The third kappa shape index (κ3) is 1.95. The molecular weight excluding hydrogens is 365 g/mol. The van der Waals surface area contributed by atoms with Gasteiger partial charge in [0.1, 0.15) is 6.61 Å². The molecule has 1 heterocycles. The number of aliphatic hydroxyl groups excluding tert-OH is 2. The first-order valence-electron chi connectivity index (χ1n) is 9.69. The van der Waals surface area contributed by atoms with Gasteiger partial charge in [-0.15, -0.1) is 0 Å². The highest BCUT2D eigenvalue weighted by Crippen LogP contribution is 2.66. The molecule has 152 valence electrons. The maximum absolute atomic E-state index is 16.8. The Bertz CT molecular complexity index is 865. The second-order valence-electron chi connectivity index (χ2n) is 9.11. The maximum atomic E-state index is 16.8. The highest BCUT2D eigenvalue weighted by Gasteiger charge is 2.74. The SMILES string of the molecule is CC1=N[C@H]2[C@@H]3CCC4=CC(=O)C=C[C@]4(C)[C@@]3(F)[C@@H](O)C[C@]2(C)[C@@]1(O)C(=O)CO. The first-order chi connectivity index (χ1) is 13.0. The van der Waals surface area contributed by atoms with Crippen LogP contribution in [0, 0.1) is 16.7 Å². The number of aliphatic hydroxyl groups is 3. The van der Waals surface area contributed by atoms with Gasteiger partial charge >= 0.3 is 0 Å². The summed E-state index contributed by atoms with van der Waals surface area (Å²) in [6.07, 6.45) is 3.50. The third-order valence-corrected chi connectivity index (χ3v) is 7.99. The summed E-state index contributed by atoms with van der Waals surface area (Å²) in [5, 5.41) is 31.7. The van der Waals surface area contributed by atoms with Crippen molar-refractivity contribution in [2.75, 3.05) is 6.61 Å². The molecule has 4 aliphatic rings. The number of hydrogen-bond donors (Lipinski definition) is 3. The largest absolute Gasteiger partial charge is 0.390 e. The molecule has 0 aromatic carbocycles. The lowest BCUT2D eigenvalue weighted by molar-refractivity contribution is -0.199. The van der Waals surface area contributed by atoms with Crippen LogP contribution >= 0.6 is 0 Å². The monoisotopic (exact) mass is 391 g/mol. The molecule has 0 saturated heterocycles. The number of carbonyl (C=O) groups is 2. The lowest BCUT2D eigenvalue weighted by atomic mass is 9.45. The molecule has 0 amide bonds. The second-order valence-corrected chi connectivity index (χ2v) is 9.11. The molecule has 0 bridgehead atoms. The Morgan fingerprint density at radius 2 is 2.07 bits per heavy atom. The molecule has 0 spiro atoms. The number of nitrogens with zero attached hydrogens (tertiary/aromatic N) is 1. The number of halogens is 1. The van der Waals surface area contributed by atoms with Crippen molar-refractivity contribution in [2.24, 2.45) is 21.7 Å². The number of rotatable bonds is 2. The lowest BCUT2D eigenvalue weighted by Crippen LogP contribution is -2.71. The second kappa shape index (κ2) is 5.68. The van der Waals surface area contributed by atoms with Gasteiger partial charge in [0.05, 0.1) is 12.1 Å². The molecule has 0 aromatic rings. The van der Waals surface area contributed by atoms with Crippen LogP contribution in [0.15, 0.2) is 28.8 Å². The first-order valence-corrected chi connectivity index (χ1v) is 9.69. The van der Waals surface area contributed by atoms with Gasteiger partial charge in [0, 0.05) is 22.5 Å². The Balaban J connectivity index is 1.86. The van der Waals surface area contributed by atoms with E-state index in [1.54, 1.807) is 19.9 Å². The van der Waals surface area contributed by atoms with E-state index in [0.29, 0.717) is 18.4 Å². The van der Waals surface area contributed by atoms with E-state index in [4.69, 9.17) is 0 Å². The molecule has 3 aliphatic carbocycles. The summed E-state index contributed by atoms with van der Waals surface area (Å²) in [7, 11) is 0. The van der Waals surface area contributed by atoms with E-state index in [0.717, 1.165) is 0 Å². The molecule has 6 nitrogen and oxygen atoms in total. The number of ketones is 2. The van der Waals surface area contributed by atoms with E-state index >= 15 is 4.39 Å². The zero-order valence-electron chi connectivity index (χ0n) is 16.3. The van der Waals surface area contributed by atoms with Crippen LogP contribution in [-0.4, -0.2) is 62.6 Å². The molecule has 28 heavy (non-hydrogen) atoms. The summed E-state index contributed by atoms with van der Waals surface area (Å²) in [6, 6.07) is -0.717. The maximum Gasteiger partial charge on any atom is 0.196 e. The molecule has 1 aliphatic heterocycles. The summed E-state index contributed by atoms with van der Waals surface area (Å²) in [5.74, 6) is -1.72. The zero-order chi connectivity index (χ0) is 20.7. The average Bonchev–Trinajstić information content (AvgIpc) is 2.84. The quantitative estimate of drug-likeness (QED) is 0.653. The predicted molar refractivity (Wildman–Crippen MR) is 99.6 cm³/mol. The zero-order valence-corrected chi connectivity index (χ0v) is 16.3. The molecule has 7 atom stereocenters. The van der Waals surface area contributed by atoms with Gasteiger partial charge in [-0.3, -0.25) is 14.6 Å². The number of allylic oxidation sites excluding steroid dienone is 4.